The summed E-state index contributed by atoms with van der Waals surface area (Å²) in [4.78, 5) is 31.8. The van der Waals surface area contributed by atoms with Crippen molar-refractivity contribution < 1.29 is 9.53 Å². The van der Waals surface area contributed by atoms with E-state index in [1.54, 1.807) is 13.3 Å². The van der Waals surface area contributed by atoms with Crippen molar-refractivity contribution in [3.8, 4) is 17.0 Å². The van der Waals surface area contributed by atoms with Crippen LogP contribution in [-0.4, -0.2) is 61.4 Å². The number of amides is 1. The normalized spacial score (nSPS) is 22.6. The van der Waals surface area contributed by atoms with Gasteiger partial charge in [-0.25, -0.2) is 4.98 Å². The molecule has 33 heavy (non-hydrogen) atoms. The molecule has 2 fully saturated rings. The van der Waals surface area contributed by atoms with Crippen LogP contribution in [-0.2, 0) is 4.79 Å². The molecule has 1 saturated carbocycles. The lowest BCUT2D eigenvalue weighted by molar-refractivity contribution is -0.145. The Morgan fingerprint density at radius 1 is 1.24 bits per heavy atom. The molecule has 0 bridgehead atoms. The smallest absolute Gasteiger partial charge is 0.228 e. The summed E-state index contributed by atoms with van der Waals surface area (Å²) in [5, 5.41) is 4.25. The van der Waals surface area contributed by atoms with Crippen LogP contribution >= 0.6 is 0 Å². The number of pyridine rings is 1. The van der Waals surface area contributed by atoms with Gasteiger partial charge in [0, 0.05) is 55.0 Å². The summed E-state index contributed by atoms with van der Waals surface area (Å²) in [6.07, 6.45) is 11.5. The van der Waals surface area contributed by atoms with Gasteiger partial charge in [-0.2, -0.15) is 9.97 Å². The van der Waals surface area contributed by atoms with Crippen LogP contribution < -0.4 is 10.1 Å². The van der Waals surface area contributed by atoms with E-state index in [0.29, 0.717) is 17.5 Å². The number of hydrogen-bond acceptors (Lipinski definition) is 6. The van der Waals surface area contributed by atoms with E-state index >= 15 is 0 Å². The maximum atomic E-state index is 12.9. The van der Waals surface area contributed by atoms with Crippen molar-refractivity contribution in [3.05, 3.63) is 36.9 Å². The van der Waals surface area contributed by atoms with Gasteiger partial charge in [0.15, 0.2) is 0 Å². The van der Waals surface area contributed by atoms with Gasteiger partial charge in [-0.3, -0.25) is 4.79 Å². The molecular weight excluding hydrogens is 418 g/mol. The molecule has 1 aliphatic carbocycles. The van der Waals surface area contributed by atoms with E-state index in [4.69, 9.17) is 9.72 Å². The van der Waals surface area contributed by atoms with E-state index in [1.807, 2.05) is 40.0 Å². The van der Waals surface area contributed by atoms with Crippen LogP contribution in [0.4, 0.5) is 5.95 Å². The second kappa shape index (κ2) is 7.47. The zero-order chi connectivity index (χ0) is 22.6. The fourth-order valence-corrected chi connectivity index (χ4v) is 5.31. The van der Waals surface area contributed by atoms with Gasteiger partial charge < -0.3 is 24.3 Å². The van der Waals surface area contributed by atoms with E-state index in [9.17, 15) is 4.79 Å². The number of imidazole rings is 1. The highest BCUT2D eigenvalue weighted by Gasteiger charge is 2.48. The lowest BCUT2D eigenvalue weighted by Crippen LogP contribution is -2.53. The fraction of sp³-hybridized carbons (Fsp3) is 0.417. The number of H-pyrrole nitrogens is 1. The molecular formula is C24H27N7O2. The molecule has 6 rings (SSSR count). The van der Waals surface area contributed by atoms with Gasteiger partial charge in [0.05, 0.1) is 17.9 Å². The van der Waals surface area contributed by atoms with E-state index in [-0.39, 0.29) is 17.4 Å². The molecule has 1 aliphatic heterocycles. The molecule has 1 saturated heterocycles. The summed E-state index contributed by atoms with van der Waals surface area (Å²) in [5.74, 6) is 1.31. The molecule has 9 heteroatoms. The highest BCUT2D eigenvalue weighted by molar-refractivity contribution is 5.97. The van der Waals surface area contributed by atoms with E-state index < -0.39 is 0 Å². The van der Waals surface area contributed by atoms with Gasteiger partial charge in [-0.05, 0) is 37.8 Å². The van der Waals surface area contributed by atoms with Crippen LogP contribution in [0.3, 0.4) is 0 Å². The van der Waals surface area contributed by atoms with Crippen LogP contribution in [0.5, 0.6) is 5.88 Å². The molecule has 0 unspecified atom stereocenters. The number of carbonyl (C=O) groups excluding carboxylic acids is 1. The number of likely N-dealkylation sites (tertiary alicyclic amines) is 1. The monoisotopic (exact) mass is 445 g/mol. The van der Waals surface area contributed by atoms with Crippen molar-refractivity contribution in [1.82, 2.24) is 29.2 Å². The maximum absolute atomic E-state index is 12.9. The van der Waals surface area contributed by atoms with E-state index in [1.165, 1.54) is 0 Å². The van der Waals surface area contributed by atoms with Gasteiger partial charge in [0.25, 0.3) is 0 Å². The Morgan fingerprint density at radius 2 is 2.06 bits per heavy atom. The molecule has 2 N–H and O–H groups in total. The summed E-state index contributed by atoms with van der Waals surface area (Å²) in [7, 11) is 1.62. The average Bonchev–Trinajstić information content (AvgIpc) is 3.56. The van der Waals surface area contributed by atoms with Gasteiger partial charge >= 0.3 is 0 Å². The molecule has 5 heterocycles. The van der Waals surface area contributed by atoms with Crippen LogP contribution in [0.1, 0.15) is 32.6 Å². The molecule has 0 atom stereocenters. The number of rotatable bonds is 5. The highest BCUT2D eigenvalue weighted by Crippen LogP contribution is 2.44. The van der Waals surface area contributed by atoms with Crippen molar-refractivity contribution >= 4 is 28.5 Å². The number of hydrogen-bond donors (Lipinski definition) is 2. The van der Waals surface area contributed by atoms with E-state index in [0.717, 1.165) is 60.9 Å². The van der Waals surface area contributed by atoms with Crippen LogP contribution in [0.15, 0.2) is 36.9 Å². The Morgan fingerprint density at radius 3 is 2.85 bits per heavy atom. The summed E-state index contributed by atoms with van der Waals surface area (Å²) < 4.78 is 7.63. The number of anilines is 1. The zero-order valence-electron chi connectivity index (χ0n) is 18.8. The number of ether oxygens (including phenoxy) is 1. The van der Waals surface area contributed by atoms with Crippen molar-refractivity contribution in [1.29, 1.82) is 0 Å². The maximum Gasteiger partial charge on any atom is 0.228 e. The third kappa shape index (κ3) is 3.30. The standard InChI is InChI=1S/C24H27N7O2/c1-24(22(32)30-8-3-4-9-30)11-16(12-24)27-23-28-20-19(21(29-23)33-2)17(13-26-20)15-5-6-18-25-7-10-31(18)14-15/h5-7,10,13-14,16H,3-4,8-9,11-12H2,1-2H3,(H2,26,27,28,29). The number of methoxy groups -OCH3 is 1. The molecule has 2 aliphatic rings. The first-order valence-electron chi connectivity index (χ1n) is 11.5. The average molecular weight is 446 g/mol. The second-order valence-electron chi connectivity index (χ2n) is 9.40. The molecule has 0 radical (unpaired) electrons. The zero-order valence-corrected chi connectivity index (χ0v) is 18.8. The Kier molecular flexibility index (Phi) is 4.53. The predicted molar refractivity (Wildman–Crippen MR) is 125 cm³/mol. The lowest BCUT2D eigenvalue weighted by Gasteiger charge is -2.45. The highest BCUT2D eigenvalue weighted by atomic mass is 16.5. The third-order valence-electron chi connectivity index (χ3n) is 7.03. The summed E-state index contributed by atoms with van der Waals surface area (Å²) in [6, 6.07) is 4.18. The molecule has 4 aromatic heterocycles. The van der Waals surface area contributed by atoms with Crippen molar-refractivity contribution in [2.45, 2.75) is 38.6 Å². The SMILES string of the molecule is COc1nc(NC2CC(C)(C(=O)N3CCCC3)C2)nc2[nH]cc(-c3ccc4nccn4c3)c12. The molecule has 170 valence electrons. The number of nitrogens with zero attached hydrogens (tertiary/aromatic N) is 5. The Hall–Kier alpha value is -3.62. The Bertz CT molecular complexity index is 1350. The lowest BCUT2D eigenvalue weighted by atomic mass is 9.66. The first-order chi connectivity index (χ1) is 16.0. The number of nitrogens with one attached hydrogen (secondary N) is 2. The van der Waals surface area contributed by atoms with Crippen LogP contribution in [0.25, 0.3) is 27.8 Å². The van der Waals surface area contributed by atoms with Crippen molar-refractivity contribution in [2.75, 3.05) is 25.5 Å². The summed E-state index contributed by atoms with van der Waals surface area (Å²) in [5.41, 5.74) is 3.30. The predicted octanol–water partition coefficient (Wildman–Crippen LogP) is 3.48. The number of aromatic amines is 1. The van der Waals surface area contributed by atoms with Gasteiger partial charge in [0.1, 0.15) is 11.3 Å². The fourth-order valence-electron chi connectivity index (χ4n) is 5.31. The minimum absolute atomic E-state index is 0.168. The largest absolute Gasteiger partial charge is 0.480 e. The molecule has 1 amide bonds. The number of aromatic nitrogens is 5. The Balaban J connectivity index is 1.24. The minimum Gasteiger partial charge on any atom is -0.480 e. The number of carbonyl (C=O) groups is 1. The van der Waals surface area contributed by atoms with Gasteiger partial charge in [-0.15, -0.1) is 0 Å². The summed E-state index contributed by atoms with van der Waals surface area (Å²) in [6.45, 7) is 3.86. The van der Waals surface area contributed by atoms with Crippen LogP contribution in [0, 0.1) is 5.41 Å². The molecule has 0 aromatic carbocycles. The first kappa shape index (κ1) is 20.0. The van der Waals surface area contributed by atoms with Gasteiger partial charge in [0.2, 0.25) is 17.7 Å². The van der Waals surface area contributed by atoms with Crippen molar-refractivity contribution in [3.63, 3.8) is 0 Å². The van der Waals surface area contributed by atoms with Gasteiger partial charge in [-0.1, -0.05) is 6.92 Å². The topological polar surface area (TPSA) is 100 Å². The number of fused-ring (bicyclic) bond motifs is 2. The third-order valence-corrected chi connectivity index (χ3v) is 7.03. The van der Waals surface area contributed by atoms with Crippen LogP contribution in [0.2, 0.25) is 0 Å². The minimum atomic E-state index is -0.290. The quantitative estimate of drug-likeness (QED) is 0.488. The molecule has 0 spiro atoms. The molecule has 9 nitrogen and oxygen atoms in total. The van der Waals surface area contributed by atoms with Crippen molar-refractivity contribution in [2.24, 2.45) is 5.41 Å². The second-order valence-corrected chi connectivity index (χ2v) is 9.40. The summed E-state index contributed by atoms with van der Waals surface area (Å²) >= 11 is 0. The Labute approximate surface area is 191 Å². The first-order valence-corrected chi connectivity index (χ1v) is 11.5. The van der Waals surface area contributed by atoms with E-state index in [2.05, 4.69) is 27.2 Å². The molecule has 4 aromatic rings.